The lowest BCUT2D eigenvalue weighted by molar-refractivity contribution is 0.244. The number of likely N-dealkylation sites (N-methyl/N-ethyl adjacent to an activating group) is 1. The fraction of sp³-hybridized carbons (Fsp3) is 0.500. The fourth-order valence-electron chi connectivity index (χ4n) is 2.76. The van der Waals surface area contributed by atoms with Crippen LogP contribution in [0.25, 0.3) is 0 Å². The van der Waals surface area contributed by atoms with Crippen LogP contribution in [0.4, 0.5) is 5.82 Å². The third kappa shape index (κ3) is 3.22. The topological polar surface area (TPSA) is 58.0 Å². The second-order valence-electron chi connectivity index (χ2n) is 5.94. The molecule has 0 saturated carbocycles. The van der Waals surface area contributed by atoms with E-state index in [0.717, 1.165) is 43.4 Å². The molecule has 2 aromatic heterocycles. The molecular formula is C16H22N6. The summed E-state index contributed by atoms with van der Waals surface area (Å²) >= 11 is 0. The second kappa shape index (κ2) is 6.36. The zero-order valence-electron chi connectivity index (χ0n) is 13.4. The molecule has 1 saturated heterocycles. The van der Waals surface area contributed by atoms with Crippen molar-refractivity contribution in [2.24, 2.45) is 0 Å². The summed E-state index contributed by atoms with van der Waals surface area (Å²) in [6.45, 7) is 6.84. The van der Waals surface area contributed by atoms with Gasteiger partial charge in [0.05, 0.1) is 12.2 Å². The van der Waals surface area contributed by atoms with Crippen LogP contribution >= 0.6 is 0 Å². The molecule has 116 valence electrons. The van der Waals surface area contributed by atoms with Gasteiger partial charge in [-0.05, 0) is 45.0 Å². The van der Waals surface area contributed by atoms with E-state index in [-0.39, 0.29) is 0 Å². The molecule has 0 N–H and O–H groups in total. The maximum Gasteiger partial charge on any atom is 0.151 e. The van der Waals surface area contributed by atoms with Gasteiger partial charge in [-0.2, -0.15) is 5.10 Å². The number of aromatic nitrogens is 4. The van der Waals surface area contributed by atoms with Crippen molar-refractivity contribution in [1.82, 2.24) is 25.1 Å². The summed E-state index contributed by atoms with van der Waals surface area (Å²) in [4.78, 5) is 13.2. The monoisotopic (exact) mass is 298 g/mol. The van der Waals surface area contributed by atoms with E-state index in [1.807, 2.05) is 13.0 Å². The molecule has 22 heavy (non-hydrogen) atoms. The Labute approximate surface area is 131 Å². The number of aryl methyl sites for hydroxylation is 2. The molecule has 1 atom stereocenters. The van der Waals surface area contributed by atoms with Gasteiger partial charge in [0.2, 0.25) is 0 Å². The highest BCUT2D eigenvalue weighted by molar-refractivity contribution is 5.42. The van der Waals surface area contributed by atoms with Gasteiger partial charge in [-0.3, -0.25) is 4.90 Å². The quantitative estimate of drug-likeness (QED) is 0.854. The van der Waals surface area contributed by atoms with Crippen molar-refractivity contribution >= 4 is 5.82 Å². The van der Waals surface area contributed by atoms with Crippen LogP contribution < -0.4 is 4.90 Å². The van der Waals surface area contributed by atoms with Gasteiger partial charge >= 0.3 is 0 Å². The van der Waals surface area contributed by atoms with Gasteiger partial charge in [0.15, 0.2) is 5.82 Å². The first kappa shape index (κ1) is 14.8. The lowest BCUT2D eigenvalue weighted by Crippen LogP contribution is -2.34. The van der Waals surface area contributed by atoms with Gasteiger partial charge in [0.1, 0.15) is 5.82 Å². The fourth-order valence-corrected chi connectivity index (χ4v) is 2.76. The molecule has 6 heteroatoms. The van der Waals surface area contributed by atoms with E-state index < -0.39 is 0 Å². The molecule has 0 aromatic carbocycles. The smallest absolute Gasteiger partial charge is 0.151 e. The molecule has 1 aliphatic heterocycles. The van der Waals surface area contributed by atoms with Crippen LogP contribution in [0.3, 0.4) is 0 Å². The largest absolute Gasteiger partial charge is 0.353 e. The molecule has 3 heterocycles. The molecule has 1 fully saturated rings. The first-order chi connectivity index (χ1) is 10.6. The van der Waals surface area contributed by atoms with E-state index in [2.05, 4.69) is 50.0 Å². The second-order valence-corrected chi connectivity index (χ2v) is 5.94. The number of anilines is 1. The molecule has 6 nitrogen and oxygen atoms in total. The molecule has 0 spiro atoms. The Morgan fingerprint density at radius 1 is 1.23 bits per heavy atom. The summed E-state index contributed by atoms with van der Waals surface area (Å²) in [5.74, 6) is 1.85. The average molecular weight is 298 g/mol. The van der Waals surface area contributed by atoms with E-state index in [4.69, 9.17) is 0 Å². The highest BCUT2D eigenvalue weighted by atomic mass is 15.3. The third-order valence-electron chi connectivity index (χ3n) is 4.34. The molecule has 0 bridgehead atoms. The Morgan fingerprint density at radius 2 is 2.00 bits per heavy atom. The number of nitrogens with zero attached hydrogens (tertiary/aromatic N) is 6. The van der Waals surface area contributed by atoms with E-state index in [9.17, 15) is 0 Å². The van der Waals surface area contributed by atoms with Crippen molar-refractivity contribution in [2.45, 2.75) is 32.9 Å². The van der Waals surface area contributed by atoms with Crippen LogP contribution in [0.5, 0.6) is 0 Å². The summed E-state index contributed by atoms with van der Waals surface area (Å²) in [5, 5.41) is 8.57. The third-order valence-corrected chi connectivity index (χ3v) is 4.34. The van der Waals surface area contributed by atoms with E-state index in [0.29, 0.717) is 6.04 Å². The summed E-state index contributed by atoms with van der Waals surface area (Å²) in [6, 6.07) is 4.47. The minimum Gasteiger partial charge on any atom is -0.353 e. The minimum absolute atomic E-state index is 0.493. The Balaban J connectivity index is 1.63. The standard InChI is InChI=1S/C16H22N6/c1-12-9-16(20-19-13(12)2)22-8-5-14(10-22)21(3)11-15-17-6-4-7-18-15/h4,6-7,9,14H,5,8,10-11H2,1-3H3. The van der Waals surface area contributed by atoms with Gasteiger partial charge < -0.3 is 4.90 Å². The predicted octanol–water partition coefficient (Wildman–Crippen LogP) is 1.59. The van der Waals surface area contributed by atoms with Crippen LogP contribution in [0.2, 0.25) is 0 Å². The summed E-state index contributed by atoms with van der Waals surface area (Å²) < 4.78 is 0. The van der Waals surface area contributed by atoms with E-state index >= 15 is 0 Å². The van der Waals surface area contributed by atoms with Crippen LogP contribution in [0, 0.1) is 13.8 Å². The lowest BCUT2D eigenvalue weighted by atomic mass is 10.2. The maximum absolute atomic E-state index is 4.33. The Hall–Kier alpha value is -2.08. The average Bonchev–Trinajstić information content (AvgIpc) is 3.01. The maximum atomic E-state index is 4.33. The molecule has 1 unspecified atom stereocenters. The van der Waals surface area contributed by atoms with Crippen molar-refractivity contribution in [1.29, 1.82) is 0 Å². The van der Waals surface area contributed by atoms with Crippen molar-refractivity contribution in [3.8, 4) is 0 Å². The molecule has 0 amide bonds. The van der Waals surface area contributed by atoms with Gasteiger partial charge in [-0.15, -0.1) is 5.10 Å². The molecule has 2 aromatic rings. The van der Waals surface area contributed by atoms with Crippen molar-refractivity contribution < 1.29 is 0 Å². The number of hydrogen-bond donors (Lipinski definition) is 0. The van der Waals surface area contributed by atoms with Crippen molar-refractivity contribution in [2.75, 3.05) is 25.0 Å². The first-order valence-electron chi connectivity index (χ1n) is 7.65. The Kier molecular flexibility index (Phi) is 4.29. The van der Waals surface area contributed by atoms with Crippen molar-refractivity contribution in [3.63, 3.8) is 0 Å². The van der Waals surface area contributed by atoms with Crippen molar-refractivity contribution in [3.05, 3.63) is 41.6 Å². The zero-order valence-corrected chi connectivity index (χ0v) is 13.4. The number of hydrogen-bond acceptors (Lipinski definition) is 6. The van der Waals surface area contributed by atoms with Crippen LogP contribution in [-0.4, -0.2) is 51.2 Å². The van der Waals surface area contributed by atoms with E-state index in [1.165, 1.54) is 5.56 Å². The lowest BCUT2D eigenvalue weighted by Gasteiger charge is -2.24. The molecule has 0 radical (unpaired) electrons. The van der Waals surface area contributed by atoms with Gasteiger partial charge in [0, 0.05) is 31.5 Å². The highest BCUT2D eigenvalue weighted by Crippen LogP contribution is 2.22. The first-order valence-corrected chi connectivity index (χ1v) is 7.65. The Bertz CT molecular complexity index is 630. The molecule has 3 rings (SSSR count). The van der Waals surface area contributed by atoms with Gasteiger partial charge in [-0.25, -0.2) is 9.97 Å². The molecule has 1 aliphatic rings. The zero-order chi connectivity index (χ0) is 15.5. The van der Waals surface area contributed by atoms with Gasteiger partial charge in [0.25, 0.3) is 0 Å². The predicted molar refractivity (Wildman–Crippen MR) is 85.6 cm³/mol. The molecule has 0 aliphatic carbocycles. The van der Waals surface area contributed by atoms with Crippen LogP contribution in [-0.2, 0) is 6.54 Å². The van der Waals surface area contributed by atoms with Gasteiger partial charge in [-0.1, -0.05) is 0 Å². The summed E-state index contributed by atoms with van der Waals surface area (Å²) in [7, 11) is 2.14. The van der Waals surface area contributed by atoms with Crippen LogP contribution in [0.1, 0.15) is 23.5 Å². The Morgan fingerprint density at radius 3 is 2.73 bits per heavy atom. The summed E-state index contributed by atoms with van der Waals surface area (Å²) in [6.07, 6.45) is 4.71. The highest BCUT2D eigenvalue weighted by Gasteiger charge is 2.27. The van der Waals surface area contributed by atoms with Crippen LogP contribution in [0.15, 0.2) is 24.5 Å². The molecular weight excluding hydrogens is 276 g/mol. The normalized spacial score (nSPS) is 18.2. The SMILES string of the molecule is Cc1cc(N2CCC(N(C)Cc3ncccn3)C2)nnc1C. The summed E-state index contributed by atoms with van der Waals surface area (Å²) in [5.41, 5.74) is 2.19. The van der Waals surface area contributed by atoms with E-state index in [1.54, 1.807) is 12.4 Å². The number of rotatable bonds is 4. The minimum atomic E-state index is 0.493.